The van der Waals surface area contributed by atoms with Crippen LogP contribution in [0, 0.1) is 5.92 Å². The zero-order chi connectivity index (χ0) is 15.4. The molecule has 0 radical (unpaired) electrons. The summed E-state index contributed by atoms with van der Waals surface area (Å²) in [6.07, 6.45) is 8.42. The van der Waals surface area contributed by atoms with Gasteiger partial charge in [0.1, 0.15) is 5.82 Å². The van der Waals surface area contributed by atoms with Crippen LogP contribution < -0.4 is 10.6 Å². The Labute approximate surface area is 132 Å². The van der Waals surface area contributed by atoms with Gasteiger partial charge in [-0.15, -0.1) is 0 Å². The molecule has 3 heterocycles. The Morgan fingerprint density at radius 1 is 1.36 bits per heavy atom. The minimum Gasteiger partial charge on any atom is -0.338 e. The third kappa shape index (κ3) is 3.61. The van der Waals surface area contributed by atoms with E-state index < -0.39 is 0 Å². The van der Waals surface area contributed by atoms with Crippen LogP contribution in [0.25, 0.3) is 0 Å². The van der Waals surface area contributed by atoms with E-state index in [4.69, 9.17) is 0 Å². The molecular weight excluding hydrogens is 278 g/mol. The number of hydrogen-bond donors (Lipinski definition) is 2. The van der Waals surface area contributed by atoms with Gasteiger partial charge in [-0.25, -0.2) is 9.78 Å². The van der Waals surface area contributed by atoms with Gasteiger partial charge in [0, 0.05) is 51.0 Å². The lowest BCUT2D eigenvalue weighted by atomic mass is 9.98. The van der Waals surface area contributed by atoms with Crippen molar-refractivity contribution in [1.82, 2.24) is 25.1 Å². The summed E-state index contributed by atoms with van der Waals surface area (Å²) < 4.78 is 2.29. The molecule has 0 spiro atoms. The van der Waals surface area contributed by atoms with Crippen LogP contribution in [-0.2, 0) is 13.0 Å². The highest BCUT2D eigenvalue weighted by Crippen LogP contribution is 2.19. The fourth-order valence-corrected chi connectivity index (χ4v) is 3.49. The van der Waals surface area contributed by atoms with Gasteiger partial charge in [0.2, 0.25) is 0 Å². The number of carbonyl (C=O) groups excluding carboxylic acids is 1. The minimum absolute atomic E-state index is 0.0841. The molecule has 2 N–H and O–H groups in total. The second-order valence-corrected chi connectivity index (χ2v) is 6.41. The number of imidazole rings is 1. The van der Waals surface area contributed by atoms with Crippen LogP contribution in [0.4, 0.5) is 4.79 Å². The lowest BCUT2D eigenvalue weighted by molar-refractivity contribution is 0.175. The van der Waals surface area contributed by atoms with Crippen molar-refractivity contribution in [2.24, 2.45) is 5.92 Å². The lowest BCUT2D eigenvalue weighted by Crippen LogP contribution is -2.49. The Hall–Kier alpha value is -1.56. The molecule has 6 heteroatoms. The van der Waals surface area contributed by atoms with Crippen molar-refractivity contribution < 1.29 is 4.79 Å². The first kappa shape index (κ1) is 15.3. The molecule has 1 saturated heterocycles. The number of nitrogens with one attached hydrogen (secondary N) is 2. The van der Waals surface area contributed by atoms with Gasteiger partial charge in [-0.3, -0.25) is 0 Å². The topological polar surface area (TPSA) is 62.2 Å². The molecule has 0 aliphatic carbocycles. The predicted molar refractivity (Wildman–Crippen MR) is 85.7 cm³/mol. The molecule has 6 nitrogen and oxygen atoms in total. The van der Waals surface area contributed by atoms with Crippen molar-refractivity contribution in [3.8, 4) is 0 Å². The molecular formula is C16H27N5O. The second-order valence-electron chi connectivity index (χ2n) is 6.41. The summed E-state index contributed by atoms with van der Waals surface area (Å²) in [5.74, 6) is 1.93. The quantitative estimate of drug-likeness (QED) is 0.879. The van der Waals surface area contributed by atoms with Crippen molar-refractivity contribution in [1.29, 1.82) is 0 Å². The largest absolute Gasteiger partial charge is 0.338 e. The predicted octanol–water partition coefficient (Wildman–Crippen LogP) is 1.23. The van der Waals surface area contributed by atoms with Gasteiger partial charge in [0.15, 0.2) is 0 Å². The first-order valence-corrected chi connectivity index (χ1v) is 8.52. The van der Waals surface area contributed by atoms with E-state index in [2.05, 4.69) is 26.4 Å². The smallest absolute Gasteiger partial charge is 0.317 e. The number of amides is 2. The zero-order valence-corrected chi connectivity index (χ0v) is 13.4. The number of aryl methyl sites for hydroxylation is 1. The van der Waals surface area contributed by atoms with Crippen molar-refractivity contribution >= 4 is 6.03 Å². The summed E-state index contributed by atoms with van der Waals surface area (Å²) in [6, 6.07) is 0.635. The van der Waals surface area contributed by atoms with Gasteiger partial charge in [-0.1, -0.05) is 0 Å². The van der Waals surface area contributed by atoms with E-state index in [-0.39, 0.29) is 6.03 Å². The Morgan fingerprint density at radius 2 is 2.18 bits per heavy atom. The maximum Gasteiger partial charge on any atom is 0.317 e. The van der Waals surface area contributed by atoms with Crippen molar-refractivity contribution in [3.05, 3.63) is 18.2 Å². The molecule has 1 aromatic heterocycles. The molecule has 22 heavy (non-hydrogen) atoms. The molecule has 0 aromatic carbocycles. The third-order valence-corrected chi connectivity index (χ3v) is 4.84. The maximum absolute atomic E-state index is 11.8. The molecule has 3 rings (SSSR count). The van der Waals surface area contributed by atoms with E-state index in [0.29, 0.717) is 18.5 Å². The third-order valence-electron chi connectivity index (χ3n) is 4.84. The van der Waals surface area contributed by atoms with Gasteiger partial charge < -0.3 is 20.1 Å². The number of hydrogen-bond acceptors (Lipinski definition) is 3. The van der Waals surface area contributed by atoms with Gasteiger partial charge in [0.25, 0.3) is 0 Å². The second kappa shape index (κ2) is 7.13. The van der Waals surface area contributed by atoms with E-state index >= 15 is 0 Å². The van der Waals surface area contributed by atoms with Crippen molar-refractivity contribution in [2.75, 3.05) is 26.2 Å². The summed E-state index contributed by atoms with van der Waals surface area (Å²) in [6.45, 7) is 6.54. The molecule has 2 aliphatic rings. The van der Waals surface area contributed by atoms with Crippen LogP contribution >= 0.6 is 0 Å². The number of urea groups is 1. The number of aromatic nitrogens is 2. The summed E-state index contributed by atoms with van der Waals surface area (Å²) in [7, 11) is 0. The van der Waals surface area contributed by atoms with Crippen LogP contribution in [0.1, 0.15) is 32.0 Å². The number of carbonyl (C=O) groups is 1. The Bertz CT molecular complexity index is 492. The van der Waals surface area contributed by atoms with Crippen LogP contribution in [0.3, 0.4) is 0 Å². The number of nitrogens with zero attached hydrogens (tertiary/aromatic N) is 3. The maximum atomic E-state index is 11.8. The highest BCUT2D eigenvalue weighted by molar-refractivity contribution is 5.74. The molecule has 2 amide bonds. The zero-order valence-electron chi connectivity index (χ0n) is 13.4. The number of fused-ring (bicyclic) bond motifs is 1. The first-order chi connectivity index (χ1) is 10.8. The highest BCUT2D eigenvalue weighted by atomic mass is 16.2. The number of likely N-dealkylation sites (tertiary alicyclic amines) is 1. The SMILES string of the molecule is CCNC(=O)N1CCC(NC[C@H]2CCc3nccn3C2)CC1. The Morgan fingerprint density at radius 3 is 2.95 bits per heavy atom. The average molecular weight is 305 g/mol. The fourth-order valence-electron chi connectivity index (χ4n) is 3.49. The molecule has 122 valence electrons. The molecule has 1 fully saturated rings. The van der Waals surface area contributed by atoms with Gasteiger partial charge in [0.05, 0.1) is 0 Å². The van der Waals surface area contributed by atoms with E-state index in [1.807, 2.05) is 18.0 Å². The fraction of sp³-hybridized carbons (Fsp3) is 0.750. The monoisotopic (exact) mass is 305 g/mol. The normalized spacial score (nSPS) is 22.4. The van der Waals surface area contributed by atoms with E-state index in [9.17, 15) is 4.79 Å². The van der Waals surface area contributed by atoms with E-state index in [1.54, 1.807) is 0 Å². The molecule has 1 aromatic rings. The summed E-state index contributed by atoms with van der Waals surface area (Å²) >= 11 is 0. The summed E-state index contributed by atoms with van der Waals surface area (Å²) in [5.41, 5.74) is 0. The van der Waals surface area contributed by atoms with E-state index in [1.165, 1.54) is 12.2 Å². The summed E-state index contributed by atoms with van der Waals surface area (Å²) in [4.78, 5) is 18.1. The Kier molecular flexibility index (Phi) is 4.97. The number of piperidine rings is 1. The Balaban J connectivity index is 1.38. The standard InChI is InChI=1S/C16H27N5O/c1-2-17-16(22)20-8-5-14(6-9-20)19-11-13-3-4-15-18-7-10-21(15)12-13/h7,10,13-14,19H,2-6,8-9,11-12H2,1H3,(H,17,22)/t13-/m1/s1. The lowest BCUT2D eigenvalue weighted by Gasteiger charge is -2.33. The van der Waals surface area contributed by atoms with E-state index in [0.717, 1.165) is 45.4 Å². The molecule has 0 saturated carbocycles. The van der Waals surface area contributed by atoms with Crippen molar-refractivity contribution in [3.63, 3.8) is 0 Å². The van der Waals surface area contributed by atoms with Gasteiger partial charge in [-0.05, 0) is 38.6 Å². The minimum atomic E-state index is 0.0841. The van der Waals surface area contributed by atoms with Crippen molar-refractivity contribution in [2.45, 2.75) is 45.2 Å². The first-order valence-electron chi connectivity index (χ1n) is 8.52. The van der Waals surface area contributed by atoms with Crippen LogP contribution in [0.15, 0.2) is 12.4 Å². The average Bonchev–Trinajstić information content (AvgIpc) is 3.01. The van der Waals surface area contributed by atoms with Crippen LogP contribution in [-0.4, -0.2) is 52.7 Å². The number of rotatable bonds is 4. The van der Waals surface area contributed by atoms with Crippen LogP contribution in [0.2, 0.25) is 0 Å². The van der Waals surface area contributed by atoms with Gasteiger partial charge >= 0.3 is 6.03 Å². The molecule has 0 unspecified atom stereocenters. The van der Waals surface area contributed by atoms with Crippen LogP contribution in [0.5, 0.6) is 0 Å². The molecule has 0 bridgehead atoms. The summed E-state index contributed by atoms with van der Waals surface area (Å²) in [5, 5.41) is 6.59. The van der Waals surface area contributed by atoms with Gasteiger partial charge in [-0.2, -0.15) is 0 Å². The highest BCUT2D eigenvalue weighted by Gasteiger charge is 2.24. The molecule has 2 aliphatic heterocycles. The molecule has 1 atom stereocenters.